The number of hydrogen-bond donors (Lipinski definition) is 1. The number of methoxy groups -OCH3 is 1. The standard InChI is InChI=1S/C24H33NO4/c1-6-28-22-14-13-19(16-23(22)27-5)10-9-15-25-24(26)18(4)29-21-12-8-7-11-20(21)17(2)3/h7-8,11-14,16-18H,6,9-10,15H2,1-5H3,(H,25,26)/t18-/m1/s1. The van der Waals surface area contributed by atoms with Gasteiger partial charge in [-0.25, -0.2) is 0 Å². The monoisotopic (exact) mass is 399 g/mol. The van der Waals surface area contributed by atoms with Crippen molar-refractivity contribution < 1.29 is 19.0 Å². The smallest absolute Gasteiger partial charge is 0.260 e. The van der Waals surface area contributed by atoms with Gasteiger partial charge in [-0.3, -0.25) is 4.79 Å². The van der Waals surface area contributed by atoms with Gasteiger partial charge >= 0.3 is 0 Å². The molecule has 5 heteroatoms. The number of ether oxygens (including phenoxy) is 3. The maximum atomic E-state index is 12.4. The molecule has 0 spiro atoms. The Labute approximate surface area is 174 Å². The van der Waals surface area contributed by atoms with E-state index in [4.69, 9.17) is 14.2 Å². The summed E-state index contributed by atoms with van der Waals surface area (Å²) in [5.74, 6) is 2.49. The topological polar surface area (TPSA) is 56.8 Å². The number of nitrogens with one attached hydrogen (secondary N) is 1. The van der Waals surface area contributed by atoms with Crippen LogP contribution in [0, 0.1) is 0 Å². The van der Waals surface area contributed by atoms with E-state index >= 15 is 0 Å². The highest BCUT2D eigenvalue weighted by atomic mass is 16.5. The van der Waals surface area contributed by atoms with Crippen molar-refractivity contribution >= 4 is 5.91 Å². The molecule has 158 valence electrons. The van der Waals surface area contributed by atoms with Crippen LogP contribution in [0.4, 0.5) is 0 Å². The molecule has 0 aliphatic carbocycles. The lowest BCUT2D eigenvalue weighted by molar-refractivity contribution is -0.127. The Morgan fingerprint density at radius 3 is 2.48 bits per heavy atom. The van der Waals surface area contributed by atoms with Crippen molar-refractivity contribution in [2.24, 2.45) is 0 Å². The second-order valence-electron chi connectivity index (χ2n) is 7.27. The van der Waals surface area contributed by atoms with Crippen molar-refractivity contribution in [3.63, 3.8) is 0 Å². The van der Waals surface area contributed by atoms with Crippen LogP contribution in [0.25, 0.3) is 0 Å². The fourth-order valence-corrected chi connectivity index (χ4v) is 3.10. The van der Waals surface area contributed by atoms with Gasteiger partial charge in [0.25, 0.3) is 5.91 Å². The summed E-state index contributed by atoms with van der Waals surface area (Å²) in [7, 11) is 1.64. The Hall–Kier alpha value is -2.69. The minimum absolute atomic E-state index is 0.104. The van der Waals surface area contributed by atoms with E-state index in [-0.39, 0.29) is 5.91 Å². The highest BCUT2D eigenvalue weighted by Crippen LogP contribution is 2.28. The lowest BCUT2D eigenvalue weighted by Crippen LogP contribution is -2.37. The van der Waals surface area contributed by atoms with Gasteiger partial charge in [-0.05, 0) is 61.9 Å². The minimum Gasteiger partial charge on any atom is -0.493 e. The number of rotatable bonds is 11. The Bertz CT molecular complexity index is 788. The molecular formula is C24H33NO4. The SMILES string of the molecule is CCOc1ccc(CCCNC(=O)[C@@H](C)Oc2ccccc2C(C)C)cc1OC. The molecule has 1 amide bonds. The van der Waals surface area contributed by atoms with Crippen LogP contribution in [-0.2, 0) is 11.2 Å². The second kappa shape index (κ2) is 11.3. The summed E-state index contributed by atoms with van der Waals surface area (Å²) in [5.41, 5.74) is 2.26. The molecule has 0 aromatic heterocycles. The molecule has 0 fully saturated rings. The van der Waals surface area contributed by atoms with Crippen molar-refractivity contribution in [3.8, 4) is 17.2 Å². The molecule has 2 aromatic carbocycles. The molecule has 5 nitrogen and oxygen atoms in total. The minimum atomic E-state index is -0.541. The summed E-state index contributed by atoms with van der Waals surface area (Å²) in [6.07, 6.45) is 1.13. The lowest BCUT2D eigenvalue weighted by atomic mass is 10.0. The summed E-state index contributed by atoms with van der Waals surface area (Å²) >= 11 is 0. The van der Waals surface area contributed by atoms with E-state index in [2.05, 4.69) is 19.2 Å². The lowest BCUT2D eigenvalue weighted by Gasteiger charge is -2.18. The van der Waals surface area contributed by atoms with Crippen LogP contribution in [0.3, 0.4) is 0 Å². The zero-order valence-corrected chi connectivity index (χ0v) is 18.2. The number of carbonyl (C=O) groups excluding carboxylic acids is 1. The molecule has 0 saturated carbocycles. The maximum Gasteiger partial charge on any atom is 0.260 e. The van der Waals surface area contributed by atoms with Gasteiger partial charge < -0.3 is 19.5 Å². The number of benzene rings is 2. The third kappa shape index (κ3) is 6.70. The molecule has 2 rings (SSSR count). The summed E-state index contributed by atoms with van der Waals surface area (Å²) in [5, 5.41) is 2.96. The molecule has 0 aliphatic rings. The van der Waals surface area contributed by atoms with E-state index in [1.165, 1.54) is 0 Å². The molecule has 0 saturated heterocycles. The molecule has 29 heavy (non-hydrogen) atoms. The van der Waals surface area contributed by atoms with Crippen molar-refractivity contribution in [1.82, 2.24) is 5.32 Å². The fourth-order valence-electron chi connectivity index (χ4n) is 3.10. The van der Waals surface area contributed by atoms with Crippen LogP contribution in [0.15, 0.2) is 42.5 Å². The van der Waals surface area contributed by atoms with E-state index in [0.717, 1.165) is 41.2 Å². The van der Waals surface area contributed by atoms with Crippen LogP contribution >= 0.6 is 0 Å². The van der Waals surface area contributed by atoms with Gasteiger partial charge in [0.1, 0.15) is 5.75 Å². The average molecular weight is 400 g/mol. The number of carbonyl (C=O) groups is 1. The molecule has 0 aliphatic heterocycles. The third-order valence-corrected chi connectivity index (χ3v) is 4.68. The Morgan fingerprint density at radius 2 is 1.79 bits per heavy atom. The van der Waals surface area contributed by atoms with Gasteiger partial charge in [0.15, 0.2) is 17.6 Å². The van der Waals surface area contributed by atoms with Gasteiger partial charge in [-0.1, -0.05) is 38.1 Å². The third-order valence-electron chi connectivity index (χ3n) is 4.68. The predicted molar refractivity (Wildman–Crippen MR) is 116 cm³/mol. The van der Waals surface area contributed by atoms with Crippen LogP contribution < -0.4 is 19.5 Å². The van der Waals surface area contributed by atoms with Crippen LogP contribution in [0.5, 0.6) is 17.2 Å². The van der Waals surface area contributed by atoms with Gasteiger partial charge in [0.2, 0.25) is 0 Å². The summed E-state index contributed by atoms with van der Waals surface area (Å²) in [6, 6.07) is 13.8. The van der Waals surface area contributed by atoms with E-state index in [0.29, 0.717) is 19.1 Å². The largest absolute Gasteiger partial charge is 0.493 e. The normalized spacial score (nSPS) is 11.8. The summed E-state index contributed by atoms with van der Waals surface area (Å²) in [4.78, 5) is 12.4. The van der Waals surface area contributed by atoms with Crippen molar-refractivity contribution in [1.29, 1.82) is 0 Å². The molecule has 1 atom stereocenters. The van der Waals surface area contributed by atoms with Gasteiger partial charge in [0.05, 0.1) is 13.7 Å². The van der Waals surface area contributed by atoms with Crippen LogP contribution in [-0.4, -0.2) is 32.3 Å². The van der Waals surface area contributed by atoms with Crippen molar-refractivity contribution in [3.05, 3.63) is 53.6 Å². The van der Waals surface area contributed by atoms with Crippen LogP contribution in [0.2, 0.25) is 0 Å². The van der Waals surface area contributed by atoms with Gasteiger partial charge in [0, 0.05) is 6.54 Å². The fraction of sp³-hybridized carbons (Fsp3) is 0.458. The quantitative estimate of drug-likeness (QED) is 0.555. The first-order valence-electron chi connectivity index (χ1n) is 10.3. The molecule has 0 heterocycles. The Balaban J connectivity index is 1.81. The molecular weight excluding hydrogens is 366 g/mol. The molecule has 0 unspecified atom stereocenters. The first kappa shape index (κ1) is 22.6. The number of hydrogen-bond acceptors (Lipinski definition) is 4. The zero-order chi connectivity index (χ0) is 21.2. The van der Waals surface area contributed by atoms with Gasteiger partial charge in [-0.15, -0.1) is 0 Å². The number of amides is 1. The van der Waals surface area contributed by atoms with Crippen molar-refractivity contribution in [2.45, 2.75) is 52.6 Å². The summed E-state index contributed by atoms with van der Waals surface area (Å²) in [6.45, 7) is 9.15. The number of para-hydroxylation sites is 1. The molecule has 0 radical (unpaired) electrons. The predicted octanol–water partition coefficient (Wildman–Crippen LogP) is 4.73. The van der Waals surface area contributed by atoms with E-state index in [1.807, 2.05) is 49.4 Å². The maximum absolute atomic E-state index is 12.4. The zero-order valence-electron chi connectivity index (χ0n) is 18.2. The van der Waals surface area contributed by atoms with E-state index < -0.39 is 6.10 Å². The second-order valence-corrected chi connectivity index (χ2v) is 7.27. The van der Waals surface area contributed by atoms with Crippen molar-refractivity contribution in [2.75, 3.05) is 20.3 Å². The Morgan fingerprint density at radius 1 is 1.03 bits per heavy atom. The average Bonchev–Trinajstić information content (AvgIpc) is 2.72. The number of aryl methyl sites for hydroxylation is 1. The first-order valence-corrected chi connectivity index (χ1v) is 10.3. The first-order chi connectivity index (χ1) is 14.0. The molecule has 2 aromatic rings. The van der Waals surface area contributed by atoms with Crippen LogP contribution in [0.1, 0.15) is 51.2 Å². The Kier molecular flexibility index (Phi) is 8.84. The summed E-state index contributed by atoms with van der Waals surface area (Å²) < 4.78 is 16.8. The molecule has 1 N–H and O–H groups in total. The highest BCUT2D eigenvalue weighted by molar-refractivity contribution is 5.80. The van der Waals surface area contributed by atoms with E-state index in [9.17, 15) is 4.79 Å². The molecule has 0 bridgehead atoms. The highest BCUT2D eigenvalue weighted by Gasteiger charge is 2.16. The van der Waals surface area contributed by atoms with E-state index in [1.54, 1.807) is 14.0 Å². The van der Waals surface area contributed by atoms with Gasteiger partial charge in [-0.2, -0.15) is 0 Å².